The Balaban J connectivity index is 3.21. The predicted octanol–water partition coefficient (Wildman–Crippen LogP) is 3.07. The lowest BCUT2D eigenvalue weighted by Gasteiger charge is -2.32. The maximum Gasteiger partial charge on any atom is 0.226 e. The second-order valence-corrected chi connectivity index (χ2v) is 6.02. The predicted molar refractivity (Wildman–Crippen MR) is 89.2 cm³/mol. The number of nitrogens with zero attached hydrogens (tertiary/aromatic N) is 3. The lowest BCUT2D eigenvalue weighted by atomic mass is 10.1. The van der Waals surface area contributed by atoms with Crippen LogP contribution in [0, 0.1) is 12.8 Å². The topological polar surface area (TPSA) is 55.0 Å². The van der Waals surface area contributed by atoms with Crippen LogP contribution in [-0.4, -0.2) is 27.5 Å². The van der Waals surface area contributed by atoms with Gasteiger partial charge in [0.15, 0.2) is 0 Å². The Morgan fingerprint density at radius 2 is 1.90 bits per heavy atom. The van der Waals surface area contributed by atoms with Gasteiger partial charge in [0, 0.05) is 18.3 Å². The minimum absolute atomic E-state index is 0.325. The van der Waals surface area contributed by atoms with Crippen LogP contribution < -0.4 is 10.6 Å². The summed E-state index contributed by atoms with van der Waals surface area (Å²) in [5.74, 6) is 1.29. The molecule has 0 saturated carbocycles. The molecule has 0 spiro atoms. The Kier molecular flexibility index (Phi) is 6.33. The molecule has 1 aromatic rings. The molecule has 2 N–H and O–H groups in total. The molecule has 0 fully saturated rings. The van der Waals surface area contributed by atoms with Crippen LogP contribution >= 0.6 is 12.2 Å². The second kappa shape index (κ2) is 7.53. The normalized spacial score (nSPS) is 11.2. The van der Waals surface area contributed by atoms with Gasteiger partial charge in [-0.15, -0.1) is 0 Å². The van der Waals surface area contributed by atoms with E-state index in [2.05, 4.69) is 42.6 Å². The van der Waals surface area contributed by atoms with Gasteiger partial charge in [-0.2, -0.15) is 0 Å². The number of hydrogen-bond donors (Lipinski definition) is 1. The van der Waals surface area contributed by atoms with E-state index in [0.29, 0.717) is 22.6 Å². The van der Waals surface area contributed by atoms with Gasteiger partial charge >= 0.3 is 0 Å². The molecule has 0 aromatic carbocycles. The van der Waals surface area contributed by atoms with Crippen molar-refractivity contribution < 1.29 is 0 Å². The van der Waals surface area contributed by atoms with Crippen molar-refractivity contribution in [3.8, 4) is 0 Å². The molecule has 0 amide bonds. The first-order valence-corrected chi connectivity index (χ1v) is 7.71. The van der Waals surface area contributed by atoms with Gasteiger partial charge in [-0.1, -0.05) is 39.9 Å². The second-order valence-electron chi connectivity index (χ2n) is 5.58. The highest BCUT2D eigenvalue weighted by atomic mass is 32.1. The molecule has 0 aliphatic heterocycles. The molecule has 1 aromatic heterocycles. The highest BCUT2D eigenvalue weighted by Crippen LogP contribution is 2.19. The molecular formula is C15H26N4S. The highest BCUT2D eigenvalue weighted by Gasteiger charge is 2.20. The molecule has 0 unspecified atom stereocenters. The van der Waals surface area contributed by atoms with Gasteiger partial charge in [-0.25, -0.2) is 9.97 Å². The third-order valence-corrected chi connectivity index (χ3v) is 3.51. The molecule has 0 saturated heterocycles. The molecule has 0 atom stereocenters. The fourth-order valence-electron chi connectivity index (χ4n) is 2.32. The van der Waals surface area contributed by atoms with E-state index >= 15 is 0 Å². The largest absolute Gasteiger partial charge is 0.388 e. The molecular weight excluding hydrogens is 268 g/mol. The molecule has 4 nitrogen and oxygen atoms in total. The number of thiocarbonyl (C=S) groups is 1. The van der Waals surface area contributed by atoms with Gasteiger partial charge in [-0.05, 0) is 31.7 Å². The number of anilines is 1. The molecule has 1 heterocycles. The maximum absolute atomic E-state index is 5.72. The van der Waals surface area contributed by atoms with Crippen molar-refractivity contribution in [2.75, 3.05) is 11.4 Å². The SMILES string of the molecule is CCC(CC)N(CC(C)C)c1nc(C)cc(C(N)=S)n1. The quantitative estimate of drug-likeness (QED) is 0.783. The van der Waals surface area contributed by atoms with E-state index in [1.54, 1.807) is 0 Å². The van der Waals surface area contributed by atoms with Gasteiger partial charge in [0.05, 0.1) is 0 Å². The Morgan fingerprint density at radius 1 is 1.30 bits per heavy atom. The third-order valence-electron chi connectivity index (χ3n) is 3.30. The molecule has 0 bridgehead atoms. The lowest BCUT2D eigenvalue weighted by molar-refractivity contribution is 0.498. The number of rotatable bonds is 7. The minimum Gasteiger partial charge on any atom is -0.388 e. The Labute approximate surface area is 127 Å². The van der Waals surface area contributed by atoms with Crippen molar-refractivity contribution in [1.82, 2.24) is 9.97 Å². The Morgan fingerprint density at radius 3 is 2.35 bits per heavy atom. The van der Waals surface area contributed by atoms with Crippen LogP contribution in [0.2, 0.25) is 0 Å². The van der Waals surface area contributed by atoms with Crippen LogP contribution in [0.3, 0.4) is 0 Å². The molecule has 0 aliphatic carbocycles. The van der Waals surface area contributed by atoms with Gasteiger partial charge in [-0.3, -0.25) is 0 Å². The van der Waals surface area contributed by atoms with Crippen molar-refractivity contribution in [2.45, 2.75) is 53.5 Å². The first-order chi connectivity index (χ1) is 9.38. The molecule has 5 heteroatoms. The fraction of sp³-hybridized carbons (Fsp3) is 0.667. The molecule has 1 rings (SSSR count). The molecule has 20 heavy (non-hydrogen) atoms. The van der Waals surface area contributed by atoms with Crippen LogP contribution in [-0.2, 0) is 0 Å². The monoisotopic (exact) mass is 294 g/mol. The van der Waals surface area contributed by atoms with Crippen LogP contribution in [0.15, 0.2) is 6.07 Å². The number of nitrogens with two attached hydrogens (primary N) is 1. The summed E-state index contributed by atoms with van der Waals surface area (Å²) < 4.78 is 0. The zero-order valence-electron chi connectivity index (χ0n) is 13.2. The highest BCUT2D eigenvalue weighted by molar-refractivity contribution is 7.80. The van der Waals surface area contributed by atoms with Gasteiger partial charge in [0.25, 0.3) is 0 Å². The van der Waals surface area contributed by atoms with Crippen molar-refractivity contribution in [3.63, 3.8) is 0 Å². The fourth-order valence-corrected chi connectivity index (χ4v) is 2.43. The summed E-state index contributed by atoms with van der Waals surface area (Å²) in [5, 5.41) is 0. The van der Waals surface area contributed by atoms with E-state index in [0.717, 1.165) is 31.0 Å². The van der Waals surface area contributed by atoms with Crippen LogP contribution in [0.4, 0.5) is 5.95 Å². The zero-order valence-corrected chi connectivity index (χ0v) is 14.0. The maximum atomic E-state index is 5.72. The summed E-state index contributed by atoms with van der Waals surface area (Å²) >= 11 is 5.05. The number of hydrogen-bond acceptors (Lipinski definition) is 4. The van der Waals surface area contributed by atoms with Crippen molar-refractivity contribution in [1.29, 1.82) is 0 Å². The zero-order chi connectivity index (χ0) is 15.3. The van der Waals surface area contributed by atoms with Gasteiger partial charge < -0.3 is 10.6 Å². The summed E-state index contributed by atoms with van der Waals surface area (Å²) in [5.41, 5.74) is 7.27. The van der Waals surface area contributed by atoms with E-state index < -0.39 is 0 Å². The van der Waals surface area contributed by atoms with Crippen LogP contribution in [0.1, 0.15) is 51.9 Å². The molecule has 0 radical (unpaired) electrons. The summed E-state index contributed by atoms with van der Waals surface area (Å²) in [6.45, 7) is 11.7. The van der Waals surface area contributed by atoms with E-state index in [-0.39, 0.29) is 0 Å². The third kappa shape index (κ3) is 4.40. The average Bonchev–Trinajstić information content (AvgIpc) is 2.37. The summed E-state index contributed by atoms with van der Waals surface area (Å²) in [6.07, 6.45) is 2.14. The summed E-state index contributed by atoms with van der Waals surface area (Å²) in [4.78, 5) is 11.8. The van der Waals surface area contributed by atoms with Crippen molar-refractivity contribution in [2.24, 2.45) is 11.7 Å². The summed E-state index contributed by atoms with van der Waals surface area (Å²) in [7, 11) is 0. The van der Waals surface area contributed by atoms with E-state index in [1.807, 2.05) is 13.0 Å². The number of aromatic nitrogens is 2. The van der Waals surface area contributed by atoms with Crippen molar-refractivity contribution in [3.05, 3.63) is 17.5 Å². The minimum atomic E-state index is 0.325. The summed E-state index contributed by atoms with van der Waals surface area (Å²) in [6, 6.07) is 2.28. The lowest BCUT2D eigenvalue weighted by Crippen LogP contribution is -2.39. The first kappa shape index (κ1) is 16.8. The van der Waals surface area contributed by atoms with Gasteiger partial charge in [0.2, 0.25) is 5.95 Å². The van der Waals surface area contributed by atoms with Crippen molar-refractivity contribution >= 4 is 23.2 Å². The standard InChI is InChI=1S/C15H26N4S/c1-6-12(7-2)19(9-10(3)4)15-17-11(5)8-13(18-15)14(16)20/h8,10,12H,6-7,9H2,1-5H3,(H2,16,20). The van der Waals surface area contributed by atoms with Gasteiger partial charge in [0.1, 0.15) is 10.7 Å². The first-order valence-electron chi connectivity index (χ1n) is 7.31. The number of aryl methyl sites for hydroxylation is 1. The Hall–Kier alpha value is -1.23. The average molecular weight is 294 g/mol. The molecule has 112 valence electrons. The van der Waals surface area contributed by atoms with E-state index in [4.69, 9.17) is 18.0 Å². The van der Waals surface area contributed by atoms with E-state index in [9.17, 15) is 0 Å². The molecule has 0 aliphatic rings. The smallest absolute Gasteiger partial charge is 0.226 e. The van der Waals surface area contributed by atoms with E-state index in [1.165, 1.54) is 0 Å². The van der Waals surface area contributed by atoms with Crippen LogP contribution in [0.5, 0.6) is 0 Å². The van der Waals surface area contributed by atoms with Crippen LogP contribution in [0.25, 0.3) is 0 Å². The Bertz CT molecular complexity index is 455.